The number of ether oxygens (including phenoxy) is 1. The van der Waals surface area contributed by atoms with E-state index in [0.29, 0.717) is 19.3 Å². The van der Waals surface area contributed by atoms with Crippen LogP contribution in [0.4, 0.5) is 0 Å². The summed E-state index contributed by atoms with van der Waals surface area (Å²) in [5, 5.41) is 11.2. The second kappa shape index (κ2) is 6.14. The van der Waals surface area contributed by atoms with Gasteiger partial charge in [-0.25, -0.2) is 13.2 Å². The van der Waals surface area contributed by atoms with Crippen LogP contribution >= 0.6 is 0 Å². The number of carboxylic acid groups (broad SMARTS) is 1. The summed E-state index contributed by atoms with van der Waals surface area (Å²) in [6.07, 6.45) is 0.485. The third-order valence-electron chi connectivity index (χ3n) is 2.58. The molecule has 7 nitrogen and oxygen atoms in total. The fraction of sp³-hybridized carbons (Fsp3) is 0.800. The number of hydrogen-bond donors (Lipinski definition) is 2. The Bertz CT molecular complexity index is 418. The number of aliphatic carboxylic acids is 1. The van der Waals surface area contributed by atoms with Gasteiger partial charge in [-0.1, -0.05) is 0 Å². The third kappa shape index (κ3) is 5.01. The van der Waals surface area contributed by atoms with Crippen LogP contribution in [-0.2, 0) is 24.2 Å². The lowest BCUT2D eigenvalue weighted by Gasteiger charge is -2.11. The number of nitrogens with one attached hydrogen (secondary N) is 1. The zero-order chi connectivity index (χ0) is 13.8. The van der Waals surface area contributed by atoms with Crippen LogP contribution in [0.5, 0.6) is 0 Å². The van der Waals surface area contributed by atoms with Gasteiger partial charge in [-0.15, -0.1) is 0 Å². The second-order valence-electron chi connectivity index (χ2n) is 4.30. The summed E-state index contributed by atoms with van der Waals surface area (Å²) >= 11 is 0. The maximum Gasteiger partial charge on any atom is 0.332 e. The molecule has 2 N–H and O–H groups in total. The number of carboxylic acids is 1. The van der Waals surface area contributed by atoms with Crippen molar-refractivity contribution in [1.82, 2.24) is 5.32 Å². The molecule has 1 aliphatic rings. The van der Waals surface area contributed by atoms with E-state index in [1.165, 1.54) is 0 Å². The topological polar surface area (TPSA) is 110 Å². The zero-order valence-electron chi connectivity index (χ0n) is 10.1. The largest absolute Gasteiger partial charge is 0.479 e. The van der Waals surface area contributed by atoms with Crippen molar-refractivity contribution in [2.24, 2.45) is 0 Å². The maximum atomic E-state index is 11.6. The number of carbonyl (C=O) groups excluding carboxylic acids is 1. The highest BCUT2D eigenvalue weighted by atomic mass is 32.2. The van der Waals surface area contributed by atoms with E-state index in [9.17, 15) is 18.0 Å². The predicted molar refractivity (Wildman–Crippen MR) is 62.9 cm³/mol. The summed E-state index contributed by atoms with van der Waals surface area (Å²) in [4.78, 5) is 22.2. The maximum absolute atomic E-state index is 11.6. The summed E-state index contributed by atoms with van der Waals surface area (Å²) in [7, 11) is -3.02. The van der Waals surface area contributed by atoms with Gasteiger partial charge in [0.1, 0.15) is 15.9 Å². The Labute approximate surface area is 105 Å². The standard InChI is InChI=1S/C10H17NO6S/c1-18(15,16)6-2-5-11-9(12)7-3-4-8(17-7)10(13)14/h7-8H,2-6H2,1H3,(H,11,12)(H,13,14). The molecule has 104 valence electrons. The molecule has 2 atom stereocenters. The number of sulfone groups is 1. The molecule has 0 saturated carbocycles. The number of amides is 1. The number of rotatable bonds is 6. The van der Waals surface area contributed by atoms with Gasteiger partial charge in [-0.05, 0) is 19.3 Å². The highest BCUT2D eigenvalue weighted by molar-refractivity contribution is 7.90. The molecule has 18 heavy (non-hydrogen) atoms. The summed E-state index contributed by atoms with van der Waals surface area (Å²) < 4.78 is 26.7. The van der Waals surface area contributed by atoms with Crippen LogP contribution in [0.15, 0.2) is 0 Å². The third-order valence-corrected chi connectivity index (χ3v) is 3.61. The van der Waals surface area contributed by atoms with E-state index in [0.717, 1.165) is 6.26 Å². The lowest BCUT2D eigenvalue weighted by Crippen LogP contribution is -2.36. The van der Waals surface area contributed by atoms with Crippen LogP contribution in [0, 0.1) is 0 Å². The SMILES string of the molecule is CS(=O)(=O)CCCNC(=O)C1CCC(C(=O)O)O1. The molecule has 0 bridgehead atoms. The van der Waals surface area contributed by atoms with E-state index < -0.39 is 28.0 Å². The van der Waals surface area contributed by atoms with Gasteiger partial charge in [-0.3, -0.25) is 4.79 Å². The highest BCUT2D eigenvalue weighted by Gasteiger charge is 2.34. The predicted octanol–water partition coefficient (Wildman–Crippen LogP) is -0.830. The summed E-state index contributed by atoms with van der Waals surface area (Å²) in [5.74, 6) is -1.44. The molecule has 1 fully saturated rings. The Kier molecular flexibility index (Phi) is 5.09. The van der Waals surface area contributed by atoms with Crippen molar-refractivity contribution in [2.75, 3.05) is 18.6 Å². The van der Waals surface area contributed by atoms with Crippen LogP contribution in [0.25, 0.3) is 0 Å². The molecule has 0 aromatic carbocycles. The highest BCUT2D eigenvalue weighted by Crippen LogP contribution is 2.19. The minimum atomic E-state index is -3.02. The van der Waals surface area contributed by atoms with E-state index in [1.54, 1.807) is 0 Å². The van der Waals surface area contributed by atoms with Gasteiger partial charge in [-0.2, -0.15) is 0 Å². The molecule has 1 aliphatic heterocycles. The first-order chi connectivity index (χ1) is 8.29. The molecule has 1 saturated heterocycles. The van der Waals surface area contributed by atoms with Gasteiger partial charge < -0.3 is 15.2 Å². The normalized spacial score (nSPS) is 23.8. The van der Waals surface area contributed by atoms with Gasteiger partial charge in [0.2, 0.25) is 5.91 Å². The van der Waals surface area contributed by atoms with Crippen LogP contribution < -0.4 is 5.32 Å². The number of hydrogen-bond acceptors (Lipinski definition) is 5. The minimum absolute atomic E-state index is 0.0105. The average Bonchev–Trinajstić information content (AvgIpc) is 2.72. The number of carbonyl (C=O) groups is 2. The molecule has 1 heterocycles. The summed E-state index contributed by atoms with van der Waals surface area (Å²) in [6, 6.07) is 0. The minimum Gasteiger partial charge on any atom is -0.479 e. The molecular weight excluding hydrogens is 262 g/mol. The fourth-order valence-corrected chi connectivity index (χ4v) is 2.34. The van der Waals surface area contributed by atoms with Crippen molar-refractivity contribution in [1.29, 1.82) is 0 Å². The molecule has 8 heteroatoms. The van der Waals surface area contributed by atoms with Crippen molar-refractivity contribution in [2.45, 2.75) is 31.5 Å². The van der Waals surface area contributed by atoms with Gasteiger partial charge >= 0.3 is 5.97 Å². The fourth-order valence-electron chi connectivity index (χ4n) is 1.67. The first-order valence-corrected chi connectivity index (χ1v) is 7.69. The Morgan fingerprint density at radius 1 is 1.33 bits per heavy atom. The van der Waals surface area contributed by atoms with Crippen molar-refractivity contribution in [3.05, 3.63) is 0 Å². The Morgan fingerprint density at radius 2 is 1.94 bits per heavy atom. The summed E-state index contributed by atoms with van der Waals surface area (Å²) in [6.45, 7) is 0.240. The van der Waals surface area contributed by atoms with Gasteiger partial charge in [0, 0.05) is 12.8 Å². The smallest absolute Gasteiger partial charge is 0.332 e. The Balaban J connectivity index is 2.24. The molecule has 0 aliphatic carbocycles. The van der Waals surface area contributed by atoms with Crippen LogP contribution in [0.2, 0.25) is 0 Å². The molecule has 0 aromatic heterocycles. The molecule has 2 unspecified atom stereocenters. The Morgan fingerprint density at radius 3 is 2.44 bits per heavy atom. The van der Waals surface area contributed by atoms with E-state index in [4.69, 9.17) is 9.84 Å². The van der Waals surface area contributed by atoms with E-state index in [-0.39, 0.29) is 18.2 Å². The van der Waals surface area contributed by atoms with E-state index in [1.807, 2.05) is 0 Å². The van der Waals surface area contributed by atoms with Gasteiger partial charge in [0.15, 0.2) is 6.10 Å². The van der Waals surface area contributed by atoms with Gasteiger partial charge in [0.05, 0.1) is 5.75 Å². The lowest BCUT2D eigenvalue weighted by molar-refractivity contribution is -0.151. The molecule has 0 spiro atoms. The van der Waals surface area contributed by atoms with Crippen LogP contribution in [-0.4, -0.2) is 56.2 Å². The Hall–Kier alpha value is -1.15. The van der Waals surface area contributed by atoms with Gasteiger partial charge in [0.25, 0.3) is 0 Å². The molecular formula is C10H17NO6S. The summed E-state index contributed by atoms with van der Waals surface area (Å²) in [5.41, 5.74) is 0. The van der Waals surface area contributed by atoms with E-state index >= 15 is 0 Å². The first-order valence-electron chi connectivity index (χ1n) is 5.63. The van der Waals surface area contributed by atoms with Crippen molar-refractivity contribution in [3.8, 4) is 0 Å². The van der Waals surface area contributed by atoms with E-state index in [2.05, 4.69) is 5.32 Å². The lowest BCUT2D eigenvalue weighted by atomic mass is 10.2. The quantitative estimate of drug-likeness (QED) is 0.614. The van der Waals surface area contributed by atoms with Crippen molar-refractivity contribution >= 4 is 21.7 Å². The van der Waals surface area contributed by atoms with Crippen LogP contribution in [0.3, 0.4) is 0 Å². The molecule has 0 aromatic rings. The molecule has 1 amide bonds. The second-order valence-corrected chi connectivity index (χ2v) is 6.56. The zero-order valence-corrected chi connectivity index (χ0v) is 10.9. The van der Waals surface area contributed by atoms with Crippen molar-refractivity contribution in [3.63, 3.8) is 0 Å². The monoisotopic (exact) mass is 279 g/mol. The molecule has 0 radical (unpaired) electrons. The van der Waals surface area contributed by atoms with Crippen LogP contribution in [0.1, 0.15) is 19.3 Å². The average molecular weight is 279 g/mol. The first kappa shape index (κ1) is 14.9. The molecule has 1 rings (SSSR count). The van der Waals surface area contributed by atoms with Crippen molar-refractivity contribution < 1.29 is 27.9 Å².